The Morgan fingerprint density at radius 2 is 1.93 bits per heavy atom. The molecule has 0 aliphatic carbocycles. The largest absolute Gasteiger partial charge is 0.497 e. The van der Waals surface area contributed by atoms with Crippen molar-refractivity contribution in [1.82, 2.24) is 5.32 Å². The third kappa shape index (κ3) is 6.76. The van der Waals surface area contributed by atoms with Gasteiger partial charge >= 0.3 is 0 Å². The highest BCUT2D eigenvalue weighted by Gasteiger charge is 2.28. The number of benzene rings is 2. The van der Waals surface area contributed by atoms with Crippen LogP contribution in [-0.2, 0) is 6.54 Å². The lowest BCUT2D eigenvalue weighted by Crippen LogP contribution is -2.33. The number of halogens is 3. The molecule has 0 aromatic heterocycles. The first-order valence-electron chi connectivity index (χ1n) is 10.6. The molecule has 2 atom stereocenters. The average Bonchev–Trinajstić information content (AvgIpc) is 2.72. The van der Waals surface area contributed by atoms with E-state index in [0.29, 0.717) is 11.6 Å². The fraction of sp³-hybridized carbons (Fsp3) is 0.500. The molecule has 0 radical (unpaired) electrons. The van der Waals surface area contributed by atoms with E-state index in [9.17, 15) is 4.39 Å². The van der Waals surface area contributed by atoms with Crippen molar-refractivity contribution in [2.45, 2.75) is 70.6 Å². The maximum absolute atomic E-state index is 13.3. The quantitative estimate of drug-likeness (QED) is 0.382. The summed E-state index contributed by atoms with van der Waals surface area (Å²) in [4.78, 5) is 0. The lowest BCUT2D eigenvalue weighted by molar-refractivity contribution is 0.137. The van der Waals surface area contributed by atoms with Gasteiger partial charge in [0.2, 0.25) is 0 Å². The van der Waals surface area contributed by atoms with Gasteiger partial charge in [0, 0.05) is 35.7 Å². The summed E-state index contributed by atoms with van der Waals surface area (Å²) in [6, 6.07) is 10.7. The predicted molar refractivity (Wildman–Crippen MR) is 124 cm³/mol. The van der Waals surface area contributed by atoms with Gasteiger partial charge in [0.05, 0.1) is 7.11 Å². The Morgan fingerprint density at radius 1 is 1.13 bits per heavy atom. The van der Waals surface area contributed by atoms with Crippen LogP contribution >= 0.6 is 24.0 Å². The van der Waals surface area contributed by atoms with E-state index < -0.39 is 0 Å². The molecule has 0 fully saturated rings. The van der Waals surface area contributed by atoms with Gasteiger partial charge in [-0.15, -0.1) is 12.4 Å². The van der Waals surface area contributed by atoms with Gasteiger partial charge in [0.25, 0.3) is 0 Å². The summed E-state index contributed by atoms with van der Waals surface area (Å²) in [7, 11) is 1.67. The van der Waals surface area contributed by atoms with Gasteiger partial charge in [-0.05, 0) is 36.6 Å². The van der Waals surface area contributed by atoms with E-state index in [0.717, 1.165) is 35.5 Å². The van der Waals surface area contributed by atoms with Crippen LogP contribution in [0, 0.1) is 5.82 Å². The Balaban J connectivity index is 0.00000320. The predicted octanol–water partition coefficient (Wildman–Crippen LogP) is 7.25. The van der Waals surface area contributed by atoms with Gasteiger partial charge < -0.3 is 14.8 Å². The number of ether oxygens (including phenoxy) is 2. The summed E-state index contributed by atoms with van der Waals surface area (Å²) >= 11 is 6.20. The standard InChI is InChI=1S/C24H31ClFNO2.ClH/c1-3-4-5-6-7-8-20-14-23(21-12-11-19(28-2)15-24(21)29-20)27-16-17-9-10-18(26)13-22(17)25;/h9-13,15,20,23,27H,3-8,14,16H2,1-2H3;1H. The molecule has 0 spiro atoms. The van der Waals surface area contributed by atoms with Gasteiger partial charge in [-0.2, -0.15) is 0 Å². The number of rotatable bonds is 10. The molecule has 1 heterocycles. The molecule has 1 aliphatic rings. The zero-order chi connectivity index (χ0) is 20.6. The number of fused-ring (bicyclic) bond motifs is 1. The van der Waals surface area contributed by atoms with Crippen molar-refractivity contribution in [2.75, 3.05) is 7.11 Å². The van der Waals surface area contributed by atoms with Crippen LogP contribution in [-0.4, -0.2) is 13.2 Å². The van der Waals surface area contributed by atoms with E-state index in [1.807, 2.05) is 12.1 Å². The first-order valence-corrected chi connectivity index (χ1v) is 11.0. The molecule has 0 saturated heterocycles. The van der Waals surface area contributed by atoms with Crippen LogP contribution in [0.4, 0.5) is 4.39 Å². The zero-order valence-corrected chi connectivity index (χ0v) is 19.3. The third-order valence-electron chi connectivity index (χ3n) is 5.57. The molecular formula is C24H32Cl2FNO2. The number of unbranched alkanes of at least 4 members (excludes halogenated alkanes) is 4. The molecule has 2 unspecified atom stereocenters. The topological polar surface area (TPSA) is 30.5 Å². The van der Waals surface area contributed by atoms with E-state index in [2.05, 4.69) is 18.3 Å². The number of nitrogens with one attached hydrogen (secondary N) is 1. The van der Waals surface area contributed by atoms with Gasteiger partial charge in [-0.25, -0.2) is 4.39 Å². The van der Waals surface area contributed by atoms with Gasteiger partial charge in [0.1, 0.15) is 23.4 Å². The Labute approximate surface area is 190 Å². The van der Waals surface area contributed by atoms with Gasteiger partial charge in [-0.3, -0.25) is 0 Å². The molecule has 6 heteroatoms. The van der Waals surface area contributed by atoms with Crippen molar-refractivity contribution in [2.24, 2.45) is 0 Å². The molecule has 0 bridgehead atoms. The van der Waals surface area contributed by atoms with Crippen molar-refractivity contribution in [3.8, 4) is 11.5 Å². The minimum atomic E-state index is -0.314. The minimum Gasteiger partial charge on any atom is -0.497 e. The van der Waals surface area contributed by atoms with E-state index in [-0.39, 0.29) is 30.4 Å². The number of hydrogen-bond donors (Lipinski definition) is 1. The van der Waals surface area contributed by atoms with Crippen molar-refractivity contribution >= 4 is 24.0 Å². The maximum atomic E-state index is 13.3. The zero-order valence-electron chi connectivity index (χ0n) is 17.8. The summed E-state index contributed by atoms with van der Waals surface area (Å²) in [5.41, 5.74) is 2.03. The first kappa shape index (κ1) is 24.8. The van der Waals surface area contributed by atoms with Crippen LogP contribution in [0.3, 0.4) is 0 Å². The molecule has 0 amide bonds. The van der Waals surface area contributed by atoms with E-state index >= 15 is 0 Å². The molecule has 30 heavy (non-hydrogen) atoms. The number of hydrogen-bond acceptors (Lipinski definition) is 3. The second kappa shape index (κ2) is 12.4. The maximum Gasteiger partial charge on any atom is 0.128 e. The SMILES string of the molecule is CCCCCCCC1CC(NCc2ccc(F)cc2Cl)c2ccc(OC)cc2O1.Cl. The Kier molecular flexibility index (Phi) is 10.2. The number of methoxy groups -OCH3 is 1. The normalized spacial score (nSPS) is 17.6. The lowest BCUT2D eigenvalue weighted by atomic mass is 9.93. The highest BCUT2D eigenvalue weighted by molar-refractivity contribution is 6.31. The molecule has 2 aromatic rings. The van der Waals surface area contributed by atoms with E-state index in [4.69, 9.17) is 21.1 Å². The highest BCUT2D eigenvalue weighted by atomic mass is 35.5. The fourth-order valence-corrected chi connectivity index (χ4v) is 4.13. The van der Waals surface area contributed by atoms with Crippen LogP contribution in [0.5, 0.6) is 11.5 Å². The molecule has 1 N–H and O–H groups in total. The smallest absolute Gasteiger partial charge is 0.128 e. The average molecular weight is 456 g/mol. The minimum absolute atomic E-state index is 0. The molecule has 3 rings (SSSR count). The van der Waals surface area contributed by atoms with Crippen LogP contribution in [0.15, 0.2) is 36.4 Å². The Morgan fingerprint density at radius 3 is 2.67 bits per heavy atom. The van der Waals surface area contributed by atoms with Crippen molar-refractivity contribution in [1.29, 1.82) is 0 Å². The summed E-state index contributed by atoms with van der Waals surface area (Å²) in [6.07, 6.45) is 8.42. The van der Waals surface area contributed by atoms with Crippen molar-refractivity contribution < 1.29 is 13.9 Å². The van der Waals surface area contributed by atoms with Gasteiger partial charge in [-0.1, -0.05) is 56.3 Å². The second-order valence-electron chi connectivity index (χ2n) is 7.75. The van der Waals surface area contributed by atoms with E-state index in [1.54, 1.807) is 13.2 Å². The second-order valence-corrected chi connectivity index (χ2v) is 8.16. The summed E-state index contributed by atoms with van der Waals surface area (Å²) in [5.74, 6) is 1.37. The molecule has 1 aliphatic heterocycles. The van der Waals surface area contributed by atoms with Crippen molar-refractivity contribution in [3.63, 3.8) is 0 Å². The summed E-state index contributed by atoms with van der Waals surface area (Å²) in [5, 5.41) is 4.06. The van der Waals surface area contributed by atoms with Crippen LogP contribution in [0.25, 0.3) is 0 Å². The molecular weight excluding hydrogens is 424 g/mol. The monoisotopic (exact) mass is 455 g/mol. The first-order chi connectivity index (χ1) is 14.1. The lowest BCUT2D eigenvalue weighted by Gasteiger charge is -2.33. The molecule has 0 saturated carbocycles. The highest BCUT2D eigenvalue weighted by Crippen LogP contribution is 2.38. The molecule has 3 nitrogen and oxygen atoms in total. The van der Waals surface area contributed by atoms with Crippen LogP contribution in [0.1, 0.15) is 69.0 Å². The van der Waals surface area contributed by atoms with Gasteiger partial charge in [0.15, 0.2) is 0 Å². The summed E-state index contributed by atoms with van der Waals surface area (Å²) in [6.45, 7) is 2.82. The Hall–Kier alpha value is -1.49. The molecule has 166 valence electrons. The van der Waals surface area contributed by atoms with Crippen LogP contribution in [0.2, 0.25) is 5.02 Å². The van der Waals surface area contributed by atoms with E-state index in [1.165, 1.54) is 44.2 Å². The fourth-order valence-electron chi connectivity index (χ4n) is 3.89. The van der Waals surface area contributed by atoms with Crippen LogP contribution < -0.4 is 14.8 Å². The van der Waals surface area contributed by atoms with Crippen molar-refractivity contribution in [3.05, 3.63) is 58.4 Å². The molecule has 2 aromatic carbocycles. The Bertz CT molecular complexity index is 803. The summed E-state index contributed by atoms with van der Waals surface area (Å²) < 4.78 is 25.0. The third-order valence-corrected chi connectivity index (χ3v) is 5.92.